The molecule has 0 aliphatic heterocycles. The van der Waals surface area contributed by atoms with Crippen LogP contribution in [0.25, 0.3) is 0 Å². The maximum Gasteiger partial charge on any atom is 0.306 e. The summed E-state index contributed by atoms with van der Waals surface area (Å²) in [5, 5.41) is 0. The van der Waals surface area contributed by atoms with Crippen molar-refractivity contribution in [3.63, 3.8) is 0 Å². The molecule has 65 heavy (non-hydrogen) atoms. The quantitative estimate of drug-likeness (QED) is 0.0199. The monoisotopic (exact) mass is 911 g/mol. The Morgan fingerprint density at radius 2 is 0.569 bits per heavy atom. The van der Waals surface area contributed by atoms with Crippen molar-refractivity contribution in [3.8, 4) is 0 Å². The van der Waals surface area contributed by atoms with E-state index in [9.17, 15) is 14.4 Å². The minimum absolute atomic E-state index is 0.0787. The predicted molar refractivity (Wildman–Crippen MR) is 279 cm³/mol. The van der Waals surface area contributed by atoms with Crippen LogP contribution in [-0.4, -0.2) is 37.2 Å². The van der Waals surface area contributed by atoms with E-state index in [-0.39, 0.29) is 31.1 Å². The molecule has 0 aromatic heterocycles. The molecule has 6 heteroatoms. The van der Waals surface area contributed by atoms with Gasteiger partial charge >= 0.3 is 17.9 Å². The van der Waals surface area contributed by atoms with Crippen LogP contribution in [0.15, 0.2) is 48.6 Å². The second-order valence-corrected chi connectivity index (χ2v) is 18.9. The normalized spacial score (nSPS) is 12.4. The Labute approximate surface area is 403 Å². The lowest BCUT2D eigenvalue weighted by atomic mass is 10.0. The van der Waals surface area contributed by atoms with E-state index < -0.39 is 6.10 Å². The van der Waals surface area contributed by atoms with Gasteiger partial charge in [0.15, 0.2) is 6.10 Å². The van der Waals surface area contributed by atoms with Crippen molar-refractivity contribution in [2.24, 2.45) is 0 Å². The Morgan fingerprint density at radius 3 is 0.908 bits per heavy atom. The molecular formula is C59H106O6. The summed E-state index contributed by atoms with van der Waals surface area (Å²) >= 11 is 0. The Morgan fingerprint density at radius 1 is 0.308 bits per heavy atom. The van der Waals surface area contributed by atoms with Gasteiger partial charge in [-0.05, 0) is 70.6 Å². The SMILES string of the molecule is CCCCCC/C=C\CCCCCCCCCC(=O)OC(COC(=O)CCCCCCC\C=C/C=C\C=C/CCCCCCC)COC(=O)CCCCCCCCCCCCCCCC. The van der Waals surface area contributed by atoms with E-state index in [2.05, 4.69) is 69.4 Å². The fraction of sp³-hybridized carbons (Fsp3) is 0.814. The van der Waals surface area contributed by atoms with Crippen LogP contribution < -0.4 is 0 Å². The molecule has 0 bridgehead atoms. The molecule has 0 heterocycles. The van der Waals surface area contributed by atoms with Crippen molar-refractivity contribution >= 4 is 17.9 Å². The molecule has 0 fully saturated rings. The van der Waals surface area contributed by atoms with Gasteiger partial charge in [0.25, 0.3) is 0 Å². The van der Waals surface area contributed by atoms with Gasteiger partial charge < -0.3 is 14.2 Å². The van der Waals surface area contributed by atoms with E-state index >= 15 is 0 Å². The maximum absolute atomic E-state index is 12.8. The number of ether oxygens (including phenoxy) is 3. The topological polar surface area (TPSA) is 78.9 Å². The summed E-state index contributed by atoms with van der Waals surface area (Å²) in [7, 11) is 0. The largest absolute Gasteiger partial charge is 0.462 e. The van der Waals surface area contributed by atoms with Crippen molar-refractivity contribution in [2.75, 3.05) is 13.2 Å². The van der Waals surface area contributed by atoms with Gasteiger partial charge in [0.2, 0.25) is 0 Å². The van der Waals surface area contributed by atoms with Crippen LogP contribution in [-0.2, 0) is 28.6 Å². The van der Waals surface area contributed by atoms with Gasteiger partial charge in [0.05, 0.1) is 0 Å². The van der Waals surface area contributed by atoms with Gasteiger partial charge in [-0.2, -0.15) is 0 Å². The molecule has 0 spiro atoms. The Bertz CT molecular complexity index is 1140. The minimum atomic E-state index is -0.781. The third-order valence-electron chi connectivity index (χ3n) is 12.4. The van der Waals surface area contributed by atoms with Crippen molar-refractivity contribution in [1.29, 1.82) is 0 Å². The number of hydrogen-bond acceptors (Lipinski definition) is 6. The molecule has 6 nitrogen and oxygen atoms in total. The molecule has 378 valence electrons. The molecule has 0 saturated heterocycles. The second-order valence-electron chi connectivity index (χ2n) is 18.9. The third-order valence-corrected chi connectivity index (χ3v) is 12.4. The fourth-order valence-corrected chi connectivity index (χ4v) is 8.09. The molecule has 0 radical (unpaired) electrons. The maximum atomic E-state index is 12.8. The predicted octanol–water partition coefficient (Wildman–Crippen LogP) is 18.7. The van der Waals surface area contributed by atoms with Gasteiger partial charge in [-0.25, -0.2) is 0 Å². The van der Waals surface area contributed by atoms with E-state index in [0.29, 0.717) is 19.3 Å². The highest BCUT2D eigenvalue weighted by molar-refractivity contribution is 5.71. The molecule has 0 aliphatic carbocycles. The highest BCUT2D eigenvalue weighted by Gasteiger charge is 2.19. The van der Waals surface area contributed by atoms with E-state index in [4.69, 9.17) is 14.2 Å². The average molecular weight is 911 g/mol. The molecule has 0 aromatic carbocycles. The van der Waals surface area contributed by atoms with Crippen LogP contribution >= 0.6 is 0 Å². The van der Waals surface area contributed by atoms with Crippen LogP contribution in [0.5, 0.6) is 0 Å². The average Bonchev–Trinajstić information content (AvgIpc) is 3.30. The number of hydrogen-bond donors (Lipinski definition) is 0. The van der Waals surface area contributed by atoms with E-state index in [1.165, 1.54) is 173 Å². The summed E-state index contributed by atoms with van der Waals surface area (Å²) in [5.41, 5.74) is 0. The lowest BCUT2D eigenvalue weighted by molar-refractivity contribution is -0.167. The summed E-state index contributed by atoms with van der Waals surface area (Å²) in [5.74, 6) is -0.891. The number of allylic oxidation sites excluding steroid dienone is 8. The van der Waals surface area contributed by atoms with Gasteiger partial charge in [0, 0.05) is 19.3 Å². The van der Waals surface area contributed by atoms with Crippen LogP contribution in [0.2, 0.25) is 0 Å². The lowest BCUT2D eigenvalue weighted by Crippen LogP contribution is -2.30. The molecule has 0 aromatic rings. The standard InChI is InChI=1S/C59H106O6/c1-4-7-10-13-16-19-22-25-28-29-30-32-34-37-40-43-46-49-52-58(61)64-55-56(54-63-57(60)51-48-45-42-39-36-33-27-24-21-18-15-12-9-6-3)65-59(62)53-50-47-44-41-38-35-31-26-23-20-17-14-11-8-5-2/h20,22-23,25,28-30,32,56H,4-19,21,24,26-27,31,33-55H2,1-3H3/b23-20-,25-22-,29-28-,32-30-. The third kappa shape index (κ3) is 52.2. The van der Waals surface area contributed by atoms with Gasteiger partial charge in [-0.1, -0.05) is 249 Å². The summed E-state index contributed by atoms with van der Waals surface area (Å²) in [4.78, 5) is 38.1. The first kappa shape index (κ1) is 62.4. The van der Waals surface area contributed by atoms with Crippen molar-refractivity contribution in [3.05, 3.63) is 48.6 Å². The zero-order valence-corrected chi connectivity index (χ0v) is 43.3. The van der Waals surface area contributed by atoms with Crippen LogP contribution in [0.4, 0.5) is 0 Å². The van der Waals surface area contributed by atoms with Crippen molar-refractivity contribution in [2.45, 2.75) is 297 Å². The molecule has 0 amide bonds. The summed E-state index contributed by atoms with van der Waals surface area (Å²) in [6.45, 7) is 6.62. The zero-order chi connectivity index (χ0) is 47.2. The van der Waals surface area contributed by atoms with Gasteiger partial charge in [0.1, 0.15) is 13.2 Å². The van der Waals surface area contributed by atoms with E-state index in [1.807, 2.05) is 0 Å². The molecular weight excluding hydrogens is 805 g/mol. The zero-order valence-electron chi connectivity index (χ0n) is 43.3. The van der Waals surface area contributed by atoms with Crippen molar-refractivity contribution < 1.29 is 28.6 Å². The summed E-state index contributed by atoms with van der Waals surface area (Å²) in [6.07, 6.45) is 65.2. The first-order valence-corrected chi connectivity index (χ1v) is 28.2. The molecule has 0 saturated carbocycles. The number of carbonyl (C=O) groups excluding carboxylic acids is 3. The fourth-order valence-electron chi connectivity index (χ4n) is 8.09. The van der Waals surface area contributed by atoms with Crippen LogP contribution in [0.1, 0.15) is 290 Å². The molecule has 1 atom stereocenters. The Hall–Kier alpha value is -2.63. The molecule has 0 rings (SSSR count). The first-order valence-electron chi connectivity index (χ1n) is 28.2. The number of carbonyl (C=O) groups is 3. The highest BCUT2D eigenvalue weighted by Crippen LogP contribution is 2.16. The van der Waals surface area contributed by atoms with E-state index in [0.717, 1.165) is 77.0 Å². The highest BCUT2D eigenvalue weighted by atomic mass is 16.6. The van der Waals surface area contributed by atoms with Gasteiger partial charge in [-0.3, -0.25) is 14.4 Å². The van der Waals surface area contributed by atoms with Gasteiger partial charge in [-0.15, -0.1) is 0 Å². The number of esters is 3. The van der Waals surface area contributed by atoms with Crippen LogP contribution in [0, 0.1) is 0 Å². The van der Waals surface area contributed by atoms with E-state index in [1.54, 1.807) is 0 Å². The minimum Gasteiger partial charge on any atom is -0.462 e. The lowest BCUT2D eigenvalue weighted by Gasteiger charge is -2.18. The number of rotatable bonds is 51. The second kappa shape index (κ2) is 54.0. The first-order chi connectivity index (χ1) is 32.0. The van der Waals surface area contributed by atoms with Crippen molar-refractivity contribution in [1.82, 2.24) is 0 Å². The Balaban J connectivity index is 4.40. The van der Waals surface area contributed by atoms with Crippen LogP contribution in [0.3, 0.4) is 0 Å². The molecule has 0 N–H and O–H groups in total. The summed E-state index contributed by atoms with van der Waals surface area (Å²) in [6, 6.07) is 0. The molecule has 0 aliphatic rings. The summed E-state index contributed by atoms with van der Waals surface area (Å²) < 4.78 is 16.8. The number of unbranched alkanes of at least 4 members (excludes halogenated alkanes) is 34. The molecule has 1 unspecified atom stereocenters. The Kier molecular flexibility index (Phi) is 51.8. The smallest absolute Gasteiger partial charge is 0.306 e.